The zero-order valence-corrected chi connectivity index (χ0v) is 7.71. The van der Waals surface area contributed by atoms with E-state index in [-0.39, 0.29) is 12.4 Å². The molecule has 0 aromatic heterocycles. The highest BCUT2D eigenvalue weighted by Gasteiger charge is 2.42. The Labute approximate surface area is 76.9 Å². The van der Waals surface area contributed by atoms with Gasteiger partial charge in [-0.2, -0.15) is 0 Å². The van der Waals surface area contributed by atoms with Gasteiger partial charge in [-0.1, -0.05) is 0 Å². The summed E-state index contributed by atoms with van der Waals surface area (Å²) in [7, 11) is 0. The molecule has 1 aliphatic carbocycles. The molecule has 74 valence electrons. The molecule has 1 saturated carbocycles. The van der Waals surface area contributed by atoms with Crippen molar-refractivity contribution in [1.29, 1.82) is 0 Å². The Balaban J connectivity index is 2.57. The summed E-state index contributed by atoms with van der Waals surface area (Å²) in [5, 5.41) is 8.94. The maximum Gasteiger partial charge on any atom is 0.335 e. The topological polar surface area (TPSA) is 63.6 Å². The predicted molar refractivity (Wildman–Crippen MR) is 45.5 cm³/mol. The van der Waals surface area contributed by atoms with Gasteiger partial charge in [0.15, 0.2) is 11.4 Å². The Hall–Kier alpha value is -0.900. The summed E-state index contributed by atoms with van der Waals surface area (Å²) in [5.41, 5.74) is -1.08. The lowest BCUT2D eigenvalue weighted by Crippen LogP contribution is -2.39. The monoisotopic (exact) mass is 186 g/mol. The smallest absolute Gasteiger partial charge is 0.335 e. The Morgan fingerprint density at radius 1 is 1.38 bits per heavy atom. The average Bonchev–Trinajstić information content (AvgIpc) is 2.50. The first kappa shape index (κ1) is 10.2. The normalized spacial score (nSPS) is 20.1. The summed E-state index contributed by atoms with van der Waals surface area (Å²) in [5.74, 6) is -1.07. The Morgan fingerprint density at radius 2 is 1.92 bits per heavy atom. The van der Waals surface area contributed by atoms with E-state index in [9.17, 15) is 9.59 Å². The fourth-order valence-corrected chi connectivity index (χ4v) is 1.61. The second kappa shape index (κ2) is 3.87. The number of aliphatic carboxylic acids is 1. The second-order valence-corrected chi connectivity index (χ2v) is 3.50. The van der Waals surface area contributed by atoms with E-state index in [0.29, 0.717) is 12.8 Å². The molecule has 0 aromatic rings. The maximum atomic E-state index is 10.9. The number of ketones is 1. The van der Waals surface area contributed by atoms with Gasteiger partial charge in [-0.3, -0.25) is 4.79 Å². The van der Waals surface area contributed by atoms with E-state index in [2.05, 4.69) is 0 Å². The molecule has 1 N–H and O–H groups in total. The molecule has 4 heteroatoms. The third-order valence-electron chi connectivity index (χ3n) is 2.35. The standard InChI is InChI=1S/C9H14O4/c1-7(10)6-13-9(8(11)12)4-2-3-5-9/h2-6H2,1H3,(H,11,12). The van der Waals surface area contributed by atoms with Gasteiger partial charge in [-0.25, -0.2) is 4.79 Å². The van der Waals surface area contributed by atoms with Gasteiger partial charge in [0.05, 0.1) is 0 Å². The van der Waals surface area contributed by atoms with E-state index in [0.717, 1.165) is 12.8 Å². The Kier molecular flexibility index (Phi) is 3.03. The third-order valence-corrected chi connectivity index (χ3v) is 2.35. The predicted octanol–water partition coefficient (Wildman–Crippen LogP) is 0.989. The average molecular weight is 186 g/mol. The summed E-state index contributed by atoms with van der Waals surface area (Å²) in [6, 6.07) is 0. The first-order valence-corrected chi connectivity index (χ1v) is 4.44. The number of hydrogen-bond acceptors (Lipinski definition) is 3. The van der Waals surface area contributed by atoms with Crippen LogP contribution >= 0.6 is 0 Å². The summed E-state index contributed by atoms with van der Waals surface area (Å²) >= 11 is 0. The molecule has 0 bridgehead atoms. The number of rotatable bonds is 4. The van der Waals surface area contributed by atoms with Crippen molar-refractivity contribution >= 4 is 11.8 Å². The molecular formula is C9H14O4. The van der Waals surface area contributed by atoms with Crippen molar-refractivity contribution in [2.75, 3.05) is 6.61 Å². The Morgan fingerprint density at radius 3 is 2.31 bits per heavy atom. The number of carbonyl (C=O) groups excluding carboxylic acids is 1. The molecule has 0 unspecified atom stereocenters. The Bertz CT molecular complexity index is 216. The van der Waals surface area contributed by atoms with Gasteiger partial charge in [0.1, 0.15) is 6.61 Å². The van der Waals surface area contributed by atoms with E-state index in [4.69, 9.17) is 9.84 Å². The minimum Gasteiger partial charge on any atom is -0.479 e. The zero-order chi connectivity index (χ0) is 9.90. The van der Waals surface area contributed by atoms with Crippen molar-refractivity contribution < 1.29 is 19.4 Å². The molecule has 1 fully saturated rings. The third kappa shape index (κ3) is 2.28. The van der Waals surface area contributed by atoms with E-state index in [1.807, 2.05) is 0 Å². The minimum absolute atomic E-state index is 0.0910. The van der Waals surface area contributed by atoms with Crippen molar-refractivity contribution in [2.24, 2.45) is 0 Å². The van der Waals surface area contributed by atoms with Crippen molar-refractivity contribution in [1.82, 2.24) is 0 Å². The van der Waals surface area contributed by atoms with Crippen molar-refractivity contribution in [3.05, 3.63) is 0 Å². The lowest BCUT2D eigenvalue weighted by Gasteiger charge is -2.23. The summed E-state index contributed by atoms with van der Waals surface area (Å²) in [6.45, 7) is 1.30. The van der Waals surface area contributed by atoms with Crippen LogP contribution in [-0.4, -0.2) is 29.1 Å². The van der Waals surface area contributed by atoms with Gasteiger partial charge in [-0.05, 0) is 32.6 Å². The second-order valence-electron chi connectivity index (χ2n) is 3.50. The number of ether oxygens (including phenoxy) is 1. The number of carboxylic acids is 1. The minimum atomic E-state index is -1.08. The zero-order valence-electron chi connectivity index (χ0n) is 7.71. The van der Waals surface area contributed by atoms with Gasteiger partial charge in [0.2, 0.25) is 0 Å². The lowest BCUT2D eigenvalue weighted by molar-refractivity contribution is -0.166. The van der Waals surface area contributed by atoms with Crippen molar-refractivity contribution in [2.45, 2.75) is 38.2 Å². The van der Waals surface area contributed by atoms with Crippen LogP contribution in [0.3, 0.4) is 0 Å². The fourth-order valence-electron chi connectivity index (χ4n) is 1.61. The summed E-state index contributed by atoms with van der Waals surface area (Å²) in [6.07, 6.45) is 2.78. The molecule has 0 radical (unpaired) electrons. The molecule has 13 heavy (non-hydrogen) atoms. The molecule has 4 nitrogen and oxygen atoms in total. The first-order chi connectivity index (χ1) is 6.07. The molecular weight excluding hydrogens is 172 g/mol. The van der Waals surface area contributed by atoms with Crippen LogP contribution < -0.4 is 0 Å². The number of carboxylic acid groups (broad SMARTS) is 1. The van der Waals surface area contributed by atoms with Crippen LogP contribution in [-0.2, 0) is 14.3 Å². The van der Waals surface area contributed by atoms with Gasteiger partial charge < -0.3 is 9.84 Å². The van der Waals surface area contributed by atoms with Gasteiger partial charge >= 0.3 is 5.97 Å². The van der Waals surface area contributed by atoms with E-state index < -0.39 is 11.6 Å². The summed E-state index contributed by atoms with van der Waals surface area (Å²) < 4.78 is 5.16. The largest absolute Gasteiger partial charge is 0.479 e. The molecule has 0 atom stereocenters. The highest BCUT2D eigenvalue weighted by atomic mass is 16.5. The quantitative estimate of drug-likeness (QED) is 0.711. The highest BCUT2D eigenvalue weighted by molar-refractivity contribution is 5.80. The first-order valence-electron chi connectivity index (χ1n) is 4.44. The van der Waals surface area contributed by atoms with Crippen LogP contribution in [0, 0.1) is 0 Å². The molecule has 1 aliphatic rings. The van der Waals surface area contributed by atoms with Crippen LogP contribution in [0.4, 0.5) is 0 Å². The number of hydrogen-bond donors (Lipinski definition) is 1. The SMILES string of the molecule is CC(=O)COC1(C(=O)O)CCCC1. The highest BCUT2D eigenvalue weighted by Crippen LogP contribution is 2.33. The van der Waals surface area contributed by atoms with Crippen LogP contribution in [0.1, 0.15) is 32.6 Å². The molecule has 0 amide bonds. The van der Waals surface area contributed by atoms with Gasteiger partial charge in [-0.15, -0.1) is 0 Å². The van der Waals surface area contributed by atoms with Crippen LogP contribution in [0.25, 0.3) is 0 Å². The summed E-state index contributed by atoms with van der Waals surface area (Å²) in [4.78, 5) is 21.5. The van der Waals surface area contributed by atoms with Gasteiger partial charge in [0, 0.05) is 0 Å². The molecule has 0 heterocycles. The van der Waals surface area contributed by atoms with Crippen molar-refractivity contribution in [3.8, 4) is 0 Å². The maximum absolute atomic E-state index is 10.9. The van der Waals surface area contributed by atoms with Crippen LogP contribution in [0.5, 0.6) is 0 Å². The van der Waals surface area contributed by atoms with E-state index >= 15 is 0 Å². The molecule has 0 saturated heterocycles. The number of Topliss-reactive ketones (excluding diaryl/α,β-unsaturated/α-hetero) is 1. The fraction of sp³-hybridized carbons (Fsp3) is 0.778. The van der Waals surface area contributed by atoms with Crippen LogP contribution in [0.15, 0.2) is 0 Å². The number of carbonyl (C=O) groups is 2. The molecule has 0 aromatic carbocycles. The molecule has 0 aliphatic heterocycles. The van der Waals surface area contributed by atoms with Crippen LogP contribution in [0.2, 0.25) is 0 Å². The van der Waals surface area contributed by atoms with E-state index in [1.165, 1.54) is 6.92 Å². The van der Waals surface area contributed by atoms with Crippen molar-refractivity contribution in [3.63, 3.8) is 0 Å². The van der Waals surface area contributed by atoms with Gasteiger partial charge in [0.25, 0.3) is 0 Å². The molecule has 0 spiro atoms. The lowest BCUT2D eigenvalue weighted by atomic mass is 10.0. The molecule has 1 rings (SSSR count). The van der Waals surface area contributed by atoms with E-state index in [1.54, 1.807) is 0 Å².